The summed E-state index contributed by atoms with van der Waals surface area (Å²) < 4.78 is 7.23. The van der Waals surface area contributed by atoms with E-state index in [9.17, 15) is 14.7 Å². The second-order valence-corrected chi connectivity index (χ2v) is 8.33. The number of halogens is 2. The Morgan fingerprint density at radius 2 is 1.91 bits per heavy atom. The van der Waals surface area contributed by atoms with Gasteiger partial charge in [-0.25, -0.2) is 4.98 Å². The van der Waals surface area contributed by atoms with Crippen molar-refractivity contribution in [2.75, 3.05) is 13.7 Å². The number of carbonyl (C=O) groups excluding carboxylic acids is 2. The zero-order chi connectivity index (χ0) is 23.5. The highest BCUT2D eigenvalue weighted by Crippen LogP contribution is 2.42. The minimum absolute atomic E-state index is 0.0227. The number of Topliss-reactive ketones (excluding diaryl/α,β-unsaturated/α-hetero) is 1. The number of carbonyl (C=O) groups is 2. The minimum Gasteiger partial charge on any atom is -0.507 e. The molecule has 1 N–H and O–H groups in total. The van der Waals surface area contributed by atoms with E-state index in [1.54, 1.807) is 55.0 Å². The molecule has 4 rings (SSSR count). The van der Waals surface area contributed by atoms with Gasteiger partial charge in [0.2, 0.25) is 0 Å². The first kappa shape index (κ1) is 22.9. The minimum atomic E-state index is -0.826. The van der Waals surface area contributed by atoms with Crippen molar-refractivity contribution in [3.05, 3.63) is 87.9 Å². The van der Waals surface area contributed by atoms with Gasteiger partial charge in [-0.3, -0.25) is 9.59 Å². The number of imidazole rings is 1. The maximum absolute atomic E-state index is 13.1. The predicted octanol–water partition coefficient (Wildman–Crippen LogP) is 4.71. The van der Waals surface area contributed by atoms with Gasteiger partial charge in [-0.1, -0.05) is 41.4 Å². The molecule has 0 spiro atoms. The van der Waals surface area contributed by atoms with Gasteiger partial charge in [-0.2, -0.15) is 0 Å². The van der Waals surface area contributed by atoms with E-state index in [1.807, 2.05) is 10.8 Å². The molecule has 1 aliphatic rings. The van der Waals surface area contributed by atoms with Crippen molar-refractivity contribution in [2.45, 2.75) is 19.0 Å². The van der Waals surface area contributed by atoms with E-state index in [0.29, 0.717) is 34.9 Å². The van der Waals surface area contributed by atoms with Crippen molar-refractivity contribution >= 4 is 40.7 Å². The molecule has 1 fully saturated rings. The number of methoxy groups -OCH3 is 1. The Kier molecular flexibility index (Phi) is 6.72. The number of ketones is 1. The lowest BCUT2D eigenvalue weighted by Gasteiger charge is -2.26. The molecule has 1 atom stereocenters. The van der Waals surface area contributed by atoms with Crippen LogP contribution in [0.4, 0.5) is 0 Å². The highest BCUT2D eigenvalue weighted by molar-refractivity contribution is 6.47. The Labute approximate surface area is 200 Å². The molecule has 2 heterocycles. The fourth-order valence-electron chi connectivity index (χ4n) is 3.97. The van der Waals surface area contributed by atoms with E-state index >= 15 is 0 Å². The molecule has 1 saturated heterocycles. The summed E-state index contributed by atoms with van der Waals surface area (Å²) in [5.74, 6) is -1.38. The third-order valence-electron chi connectivity index (χ3n) is 5.54. The lowest BCUT2D eigenvalue weighted by molar-refractivity contribution is -0.139. The molecule has 0 bridgehead atoms. The third kappa shape index (κ3) is 4.47. The van der Waals surface area contributed by atoms with Crippen LogP contribution >= 0.6 is 23.2 Å². The van der Waals surface area contributed by atoms with Gasteiger partial charge in [0.05, 0.1) is 40.7 Å². The fraction of sp³-hybridized carbons (Fsp3) is 0.208. The van der Waals surface area contributed by atoms with Gasteiger partial charge < -0.3 is 19.3 Å². The van der Waals surface area contributed by atoms with Crippen molar-refractivity contribution in [1.82, 2.24) is 14.5 Å². The predicted molar refractivity (Wildman–Crippen MR) is 125 cm³/mol. The van der Waals surface area contributed by atoms with E-state index in [2.05, 4.69) is 4.98 Å². The smallest absolute Gasteiger partial charge is 0.295 e. The maximum Gasteiger partial charge on any atom is 0.295 e. The van der Waals surface area contributed by atoms with Gasteiger partial charge in [0.1, 0.15) is 11.5 Å². The van der Waals surface area contributed by atoms with Crippen molar-refractivity contribution < 1.29 is 19.4 Å². The molecule has 3 aromatic rings. The summed E-state index contributed by atoms with van der Waals surface area (Å²) in [6.45, 7) is 0.903. The van der Waals surface area contributed by atoms with Gasteiger partial charge in [0.15, 0.2) is 0 Å². The van der Waals surface area contributed by atoms with Crippen LogP contribution < -0.4 is 4.74 Å². The second kappa shape index (κ2) is 9.68. The average Bonchev–Trinajstić information content (AvgIpc) is 3.42. The van der Waals surface area contributed by atoms with Crippen LogP contribution in [0, 0.1) is 0 Å². The summed E-state index contributed by atoms with van der Waals surface area (Å²) in [7, 11) is 1.47. The molecule has 2 aromatic carbocycles. The molecular weight excluding hydrogens is 465 g/mol. The van der Waals surface area contributed by atoms with Crippen molar-refractivity contribution in [3.8, 4) is 5.75 Å². The van der Waals surface area contributed by atoms with Crippen molar-refractivity contribution in [2.24, 2.45) is 0 Å². The molecule has 0 saturated carbocycles. The van der Waals surface area contributed by atoms with Crippen LogP contribution in [0.2, 0.25) is 10.0 Å². The summed E-state index contributed by atoms with van der Waals surface area (Å²) in [4.78, 5) is 31.7. The molecule has 170 valence electrons. The van der Waals surface area contributed by atoms with Crippen LogP contribution in [0.5, 0.6) is 5.75 Å². The van der Waals surface area contributed by atoms with Crippen LogP contribution in [-0.4, -0.2) is 44.9 Å². The molecule has 1 aliphatic heterocycles. The number of likely N-dealkylation sites (tertiary alicyclic amines) is 1. The summed E-state index contributed by atoms with van der Waals surface area (Å²) in [6.07, 6.45) is 5.77. The van der Waals surface area contributed by atoms with E-state index in [-0.39, 0.29) is 22.9 Å². The van der Waals surface area contributed by atoms with E-state index in [4.69, 9.17) is 27.9 Å². The largest absolute Gasteiger partial charge is 0.507 e. The van der Waals surface area contributed by atoms with Crippen molar-refractivity contribution in [1.29, 1.82) is 0 Å². The van der Waals surface area contributed by atoms with E-state index in [0.717, 1.165) is 0 Å². The zero-order valence-electron chi connectivity index (χ0n) is 17.7. The summed E-state index contributed by atoms with van der Waals surface area (Å²) >= 11 is 12.3. The quantitative estimate of drug-likeness (QED) is 0.297. The Hall–Kier alpha value is -3.29. The Morgan fingerprint density at radius 1 is 1.12 bits per heavy atom. The number of amides is 1. The number of aliphatic hydroxyl groups excluding tert-OH is 1. The number of benzene rings is 2. The second-order valence-electron chi connectivity index (χ2n) is 7.52. The first-order valence-electron chi connectivity index (χ1n) is 10.2. The summed E-state index contributed by atoms with van der Waals surface area (Å²) in [6, 6.07) is 10.9. The molecule has 33 heavy (non-hydrogen) atoms. The highest BCUT2D eigenvalue weighted by atomic mass is 35.5. The monoisotopic (exact) mass is 485 g/mol. The number of ether oxygens (including phenoxy) is 1. The first-order chi connectivity index (χ1) is 15.9. The Bertz CT molecular complexity index is 1220. The Morgan fingerprint density at radius 3 is 2.61 bits per heavy atom. The SMILES string of the molecule is COc1ccccc1/C(O)=C1\C(=O)C(=O)N(CCCn2ccnc2)C1c1ccc(Cl)c(Cl)c1. The highest BCUT2D eigenvalue weighted by Gasteiger charge is 2.46. The molecule has 1 aromatic heterocycles. The Balaban J connectivity index is 1.79. The molecule has 1 unspecified atom stereocenters. The molecule has 7 nitrogen and oxygen atoms in total. The van der Waals surface area contributed by atoms with Crippen LogP contribution in [0.25, 0.3) is 5.76 Å². The standard InChI is InChI=1S/C24H21Cl2N3O4/c1-33-19-6-3-2-5-16(19)22(30)20-21(15-7-8-17(25)18(26)13-15)29(24(32)23(20)31)11-4-10-28-12-9-27-14-28/h2-3,5-9,12-14,21,30H,4,10-11H2,1H3/b22-20+. The lowest BCUT2D eigenvalue weighted by Crippen LogP contribution is -2.31. The van der Waals surface area contributed by atoms with E-state index < -0.39 is 17.7 Å². The number of para-hydroxylation sites is 1. The zero-order valence-corrected chi connectivity index (χ0v) is 19.3. The van der Waals surface area contributed by atoms with Gasteiger partial charge in [0.25, 0.3) is 11.7 Å². The van der Waals surface area contributed by atoms with Crippen LogP contribution in [0.3, 0.4) is 0 Å². The topological polar surface area (TPSA) is 84.7 Å². The van der Waals surface area contributed by atoms with Gasteiger partial charge in [-0.15, -0.1) is 0 Å². The molecule has 0 aliphatic carbocycles. The molecule has 9 heteroatoms. The van der Waals surface area contributed by atoms with Gasteiger partial charge >= 0.3 is 0 Å². The molecule has 1 amide bonds. The fourth-order valence-corrected chi connectivity index (χ4v) is 4.27. The lowest BCUT2D eigenvalue weighted by atomic mass is 9.95. The summed E-state index contributed by atoms with van der Waals surface area (Å²) in [5, 5.41) is 11.8. The van der Waals surface area contributed by atoms with Crippen LogP contribution in [0.1, 0.15) is 23.6 Å². The van der Waals surface area contributed by atoms with Crippen molar-refractivity contribution in [3.63, 3.8) is 0 Å². The van der Waals surface area contributed by atoms with Gasteiger partial charge in [-0.05, 0) is 36.2 Å². The number of aliphatic hydroxyl groups is 1. The number of nitrogens with zero attached hydrogens (tertiary/aromatic N) is 3. The maximum atomic E-state index is 13.1. The van der Waals surface area contributed by atoms with Gasteiger partial charge in [0, 0.05) is 25.5 Å². The van der Waals surface area contributed by atoms with E-state index in [1.165, 1.54) is 12.0 Å². The molecular formula is C24H21Cl2N3O4. The average molecular weight is 486 g/mol. The number of aromatic nitrogens is 2. The number of rotatable bonds is 7. The number of hydrogen-bond acceptors (Lipinski definition) is 5. The third-order valence-corrected chi connectivity index (χ3v) is 6.28. The van der Waals surface area contributed by atoms with Crippen LogP contribution in [-0.2, 0) is 16.1 Å². The first-order valence-corrected chi connectivity index (χ1v) is 11.0. The number of hydrogen-bond donors (Lipinski definition) is 1. The van der Waals surface area contributed by atoms with Crippen LogP contribution in [0.15, 0.2) is 66.8 Å². The summed E-state index contributed by atoms with van der Waals surface area (Å²) in [5.41, 5.74) is 0.870. The normalized spacial score (nSPS) is 17.5. The number of aryl methyl sites for hydroxylation is 1. The molecule has 0 radical (unpaired) electrons.